The van der Waals surface area contributed by atoms with Gasteiger partial charge in [0.25, 0.3) is 0 Å². The van der Waals surface area contributed by atoms with Crippen molar-refractivity contribution >= 4 is 11.7 Å². The largest absolute Gasteiger partial charge is 0.416 e. The van der Waals surface area contributed by atoms with Crippen LogP contribution in [0, 0.1) is 5.82 Å². The molecule has 2 fully saturated rings. The molecular formula is C29H27F7N2O3. The number of hydrogen-bond donors (Lipinski definition) is 1. The molecule has 2 aliphatic heterocycles. The van der Waals surface area contributed by atoms with Crippen LogP contribution in [0.15, 0.2) is 54.2 Å². The molecule has 1 N–H and O–H groups in total. The van der Waals surface area contributed by atoms with Crippen LogP contribution in [-0.2, 0) is 26.7 Å². The number of ketones is 1. The van der Waals surface area contributed by atoms with Crippen molar-refractivity contribution in [2.75, 3.05) is 6.54 Å². The average molecular weight is 585 g/mol. The zero-order valence-electron chi connectivity index (χ0n) is 21.9. The van der Waals surface area contributed by atoms with E-state index >= 15 is 0 Å². The molecule has 0 radical (unpaired) electrons. The van der Waals surface area contributed by atoms with Crippen molar-refractivity contribution < 1.29 is 45.1 Å². The lowest BCUT2D eigenvalue weighted by molar-refractivity contribution is -0.143. The maximum Gasteiger partial charge on any atom is 0.416 e. The molecule has 5 rings (SSSR count). The first-order valence-corrected chi connectivity index (χ1v) is 13.2. The van der Waals surface area contributed by atoms with Gasteiger partial charge >= 0.3 is 12.4 Å². The van der Waals surface area contributed by atoms with E-state index in [2.05, 4.69) is 5.32 Å². The van der Waals surface area contributed by atoms with Gasteiger partial charge in [0.1, 0.15) is 5.82 Å². The summed E-state index contributed by atoms with van der Waals surface area (Å²) < 4.78 is 101. The monoisotopic (exact) mass is 584 g/mol. The van der Waals surface area contributed by atoms with Crippen molar-refractivity contribution in [3.8, 4) is 0 Å². The molecule has 5 nitrogen and oxygen atoms in total. The molecule has 2 aromatic rings. The lowest BCUT2D eigenvalue weighted by Gasteiger charge is -2.37. The Morgan fingerprint density at radius 1 is 0.951 bits per heavy atom. The van der Waals surface area contributed by atoms with E-state index in [4.69, 9.17) is 4.74 Å². The number of nitrogens with one attached hydrogen (secondary N) is 1. The van der Waals surface area contributed by atoms with Crippen LogP contribution in [0.4, 0.5) is 30.7 Å². The highest BCUT2D eigenvalue weighted by atomic mass is 19.4. The smallest absolute Gasteiger partial charge is 0.385 e. The Balaban J connectivity index is 1.44. The first-order valence-electron chi connectivity index (χ1n) is 13.2. The van der Waals surface area contributed by atoms with Gasteiger partial charge in [0.05, 0.1) is 23.3 Å². The van der Waals surface area contributed by atoms with Crippen molar-refractivity contribution in [2.24, 2.45) is 0 Å². The fraction of sp³-hybridized carbons (Fsp3) is 0.448. The number of allylic oxidation sites excluding steroid dienone is 2. The normalized spacial score (nSPS) is 25.8. The van der Waals surface area contributed by atoms with E-state index in [1.165, 1.54) is 37.3 Å². The fourth-order valence-corrected chi connectivity index (χ4v) is 6.03. The Bertz CT molecular complexity index is 1320. The van der Waals surface area contributed by atoms with E-state index in [-0.39, 0.29) is 42.3 Å². The summed E-state index contributed by atoms with van der Waals surface area (Å²) in [4.78, 5) is 26.5. The molecule has 12 heteroatoms. The Morgan fingerprint density at radius 3 is 2.15 bits per heavy atom. The molecule has 2 saturated heterocycles. The minimum atomic E-state index is -5.01. The van der Waals surface area contributed by atoms with Crippen molar-refractivity contribution in [3.63, 3.8) is 0 Å². The molecule has 1 aliphatic carbocycles. The van der Waals surface area contributed by atoms with Crippen LogP contribution in [0.5, 0.6) is 0 Å². The molecule has 0 bridgehead atoms. The molecule has 0 saturated carbocycles. The van der Waals surface area contributed by atoms with Crippen molar-refractivity contribution in [3.05, 3.63) is 82.3 Å². The Labute approximate surface area is 231 Å². The van der Waals surface area contributed by atoms with Crippen molar-refractivity contribution in [1.29, 1.82) is 0 Å². The van der Waals surface area contributed by atoms with Gasteiger partial charge in [-0.05, 0) is 61.2 Å². The number of carbonyl (C=O) groups excluding carboxylic acids is 2. The van der Waals surface area contributed by atoms with Gasteiger partial charge in [-0.2, -0.15) is 26.3 Å². The van der Waals surface area contributed by atoms with Gasteiger partial charge in [0.15, 0.2) is 5.78 Å². The van der Waals surface area contributed by atoms with E-state index in [0.717, 1.165) is 5.70 Å². The standard InChI is InChI=1S/C29H27F7N2O3/c1-15(17-8-18(28(31,32)33)10-19(9-17)29(34,35)36)41-25-14-38-24(27(25)16-2-4-20(30)5-3-16)12-22(13-26(38)40)37-21-6-7-23(39)11-21/h2-5,8-11,15,22,24-25,27,37H,6-7,12-14H2,1H3/t15-,22?,24+,25+,27?/m1/s1. The molecule has 41 heavy (non-hydrogen) atoms. The van der Waals surface area contributed by atoms with E-state index in [1.54, 1.807) is 4.90 Å². The Kier molecular flexibility index (Phi) is 7.65. The third-order valence-corrected chi connectivity index (χ3v) is 7.94. The van der Waals surface area contributed by atoms with Crippen LogP contribution in [0.2, 0.25) is 0 Å². The lowest BCUT2D eigenvalue weighted by atomic mass is 9.84. The molecule has 2 aromatic carbocycles. The highest BCUT2D eigenvalue weighted by Crippen LogP contribution is 2.44. The second kappa shape index (κ2) is 10.8. The number of piperidine rings is 1. The topological polar surface area (TPSA) is 58.6 Å². The average Bonchev–Trinajstić information content (AvgIpc) is 3.46. The summed E-state index contributed by atoms with van der Waals surface area (Å²) in [5, 5.41) is 3.27. The number of hydrogen-bond acceptors (Lipinski definition) is 4. The number of halogens is 7. The van der Waals surface area contributed by atoms with E-state index in [0.29, 0.717) is 37.0 Å². The molecular weight excluding hydrogens is 557 g/mol. The summed E-state index contributed by atoms with van der Waals surface area (Å²) in [5.41, 5.74) is -1.83. The minimum Gasteiger partial charge on any atom is -0.385 e. The fourth-order valence-electron chi connectivity index (χ4n) is 6.03. The number of fused-ring (bicyclic) bond motifs is 1. The van der Waals surface area contributed by atoms with Crippen molar-refractivity contribution in [2.45, 2.75) is 75.2 Å². The van der Waals surface area contributed by atoms with Crippen molar-refractivity contribution in [1.82, 2.24) is 10.2 Å². The minimum absolute atomic E-state index is 0.00737. The molecule has 0 aromatic heterocycles. The first kappa shape index (κ1) is 29.1. The summed E-state index contributed by atoms with van der Waals surface area (Å²) in [5.74, 6) is -1.23. The third kappa shape index (κ3) is 6.27. The van der Waals surface area contributed by atoms with Crippen LogP contribution in [0.3, 0.4) is 0 Å². The molecule has 220 valence electrons. The first-order chi connectivity index (χ1) is 19.2. The number of benzene rings is 2. The number of alkyl halides is 6. The van der Waals surface area contributed by atoms with Crippen LogP contribution in [0.1, 0.15) is 66.9 Å². The quantitative estimate of drug-likeness (QED) is 0.405. The summed E-state index contributed by atoms with van der Waals surface area (Å²) in [6, 6.07) is 6.18. The van der Waals surface area contributed by atoms with E-state index < -0.39 is 53.5 Å². The number of nitrogens with zero attached hydrogens (tertiary/aromatic N) is 1. The van der Waals surface area contributed by atoms with E-state index in [1.807, 2.05) is 0 Å². The molecule has 0 spiro atoms. The van der Waals surface area contributed by atoms with Gasteiger partial charge < -0.3 is 15.0 Å². The maximum atomic E-state index is 13.8. The van der Waals surface area contributed by atoms with Crippen LogP contribution < -0.4 is 5.32 Å². The van der Waals surface area contributed by atoms with Gasteiger partial charge in [-0.15, -0.1) is 0 Å². The van der Waals surface area contributed by atoms with Crippen LogP contribution in [0.25, 0.3) is 0 Å². The van der Waals surface area contributed by atoms with Crippen LogP contribution >= 0.6 is 0 Å². The predicted molar refractivity (Wildman–Crippen MR) is 133 cm³/mol. The number of carbonyl (C=O) groups is 2. The highest BCUT2D eigenvalue weighted by molar-refractivity contribution is 5.92. The van der Waals surface area contributed by atoms with Gasteiger partial charge in [0.2, 0.25) is 5.91 Å². The highest BCUT2D eigenvalue weighted by Gasteiger charge is 2.49. The summed E-state index contributed by atoms with van der Waals surface area (Å²) in [6.07, 6.45) is -8.96. The van der Waals surface area contributed by atoms with Gasteiger partial charge in [-0.25, -0.2) is 4.39 Å². The molecule has 2 heterocycles. The molecule has 3 aliphatic rings. The summed E-state index contributed by atoms with van der Waals surface area (Å²) >= 11 is 0. The number of ether oxygens (including phenoxy) is 1. The number of rotatable bonds is 6. The Morgan fingerprint density at radius 2 is 1.59 bits per heavy atom. The lowest BCUT2D eigenvalue weighted by Crippen LogP contribution is -2.49. The third-order valence-electron chi connectivity index (χ3n) is 7.94. The summed E-state index contributed by atoms with van der Waals surface area (Å²) in [6.45, 7) is 1.43. The second-order valence-electron chi connectivity index (χ2n) is 10.8. The zero-order chi connectivity index (χ0) is 29.7. The molecule has 2 unspecified atom stereocenters. The summed E-state index contributed by atoms with van der Waals surface area (Å²) in [7, 11) is 0. The second-order valence-corrected chi connectivity index (χ2v) is 10.8. The molecule has 5 atom stereocenters. The predicted octanol–water partition coefficient (Wildman–Crippen LogP) is 6.30. The molecule has 1 amide bonds. The maximum absolute atomic E-state index is 13.8. The number of amides is 1. The van der Waals surface area contributed by atoms with E-state index in [9.17, 15) is 40.3 Å². The Hall–Kier alpha value is -3.41. The van der Waals surface area contributed by atoms with Crippen LogP contribution in [-0.4, -0.2) is 41.3 Å². The SMILES string of the molecule is C[C@@H](O[C@H]1CN2C(=O)CC(NC3=CC(=O)CC3)C[C@H]2C1c1ccc(F)cc1)c1cc(C(F)(F)F)cc(C(F)(F)F)c1. The zero-order valence-corrected chi connectivity index (χ0v) is 21.9. The van der Waals surface area contributed by atoms with Gasteiger partial charge in [-0.1, -0.05) is 12.1 Å². The van der Waals surface area contributed by atoms with Gasteiger partial charge in [0, 0.05) is 49.2 Å². The van der Waals surface area contributed by atoms with Gasteiger partial charge in [-0.3, -0.25) is 9.59 Å².